The molecule has 0 saturated carbocycles. The fraction of sp³-hybridized carbons (Fsp3) is 0. The third kappa shape index (κ3) is 0.640. The standard InChI is InChI=1S/C4H2Se/c1-2-4-5-3-1/h1,4H. The van der Waals surface area contributed by atoms with Gasteiger partial charge in [-0.15, -0.1) is 0 Å². The van der Waals surface area contributed by atoms with Crippen LogP contribution in [0.5, 0.6) is 0 Å². The van der Waals surface area contributed by atoms with E-state index in [1.54, 1.807) is 0 Å². The third-order valence-electron chi connectivity index (χ3n) is 0.337. The molecule has 0 amide bonds. The molecule has 0 nitrogen and oxygen atoms in total. The molecule has 0 N–H and O–H groups in total. The molecule has 0 spiro atoms. The average molecular weight is 129 g/mol. The molecule has 1 heterocycles. The van der Waals surface area contributed by atoms with Crippen LogP contribution in [-0.4, -0.2) is 14.5 Å². The van der Waals surface area contributed by atoms with Gasteiger partial charge in [-0.3, -0.25) is 0 Å². The van der Waals surface area contributed by atoms with Gasteiger partial charge in [0.05, 0.1) is 0 Å². The number of hydrogen-bond acceptors (Lipinski definition) is 0. The van der Waals surface area contributed by atoms with E-state index >= 15 is 0 Å². The van der Waals surface area contributed by atoms with E-state index < -0.39 is 0 Å². The van der Waals surface area contributed by atoms with Crippen LogP contribution in [0, 0.1) is 11.0 Å². The molecule has 1 heteroatoms. The molecule has 0 aliphatic rings. The van der Waals surface area contributed by atoms with Crippen LogP contribution in [0.2, 0.25) is 0 Å². The van der Waals surface area contributed by atoms with Crippen molar-refractivity contribution in [1.82, 2.24) is 0 Å². The van der Waals surface area contributed by atoms with Gasteiger partial charge in [0.15, 0.2) is 0 Å². The van der Waals surface area contributed by atoms with E-state index in [1.165, 1.54) is 0 Å². The summed E-state index contributed by atoms with van der Waals surface area (Å²) in [7, 11) is 0. The van der Waals surface area contributed by atoms with Gasteiger partial charge in [0.1, 0.15) is 0 Å². The van der Waals surface area contributed by atoms with Gasteiger partial charge in [-0.2, -0.15) is 0 Å². The van der Waals surface area contributed by atoms with Crippen molar-refractivity contribution in [1.29, 1.82) is 0 Å². The minimum absolute atomic E-state index is 0.528. The summed E-state index contributed by atoms with van der Waals surface area (Å²) in [6, 6.07) is 4.72. The van der Waals surface area contributed by atoms with Gasteiger partial charge >= 0.3 is 36.5 Å². The Labute approximate surface area is 37.2 Å². The van der Waals surface area contributed by atoms with Crippen molar-refractivity contribution in [3.63, 3.8) is 0 Å². The summed E-state index contributed by atoms with van der Waals surface area (Å²) in [5.41, 5.74) is 0. The van der Waals surface area contributed by atoms with Gasteiger partial charge in [-0.1, -0.05) is 0 Å². The molecule has 2 radical (unpaired) electrons. The topological polar surface area (TPSA) is 0 Å². The van der Waals surface area contributed by atoms with Crippen LogP contribution >= 0.6 is 0 Å². The van der Waals surface area contributed by atoms with Crippen LogP contribution in [0.1, 0.15) is 0 Å². The summed E-state index contributed by atoms with van der Waals surface area (Å²) in [6.07, 6.45) is 0. The predicted octanol–water partition coefficient (Wildman–Crippen LogP) is 0.344. The molecule has 0 fully saturated rings. The summed E-state index contributed by atoms with van der Waals surface area (Å²) in [6.45, 7) is 0. The first-order chi connectivity index (χ1) is 2.50. The summed E-state index contributed by atoms with van der Waals surface area (Å²) in [5.74, 6) is 0. The molecule has 0 saturated heterocycles. The van der Waals surface area contributed by atoms with Crippen LogP contribution in [0.25, 0.3) is 0 Å². The fourth-order valence-electron chi connectivity index (χ4n) is 0.170. The van der Waals surface area contributed by atoms with Gasteiger partial charge in [0.2, 0.25) is 0 Å². The predicted molar refractivity (Wildman–Crippen MR) is 21.1 cm³/mol. The molecule has 0 aliphatic carbocycles. The Balaban J connectivity index is 3.13. The van der Waals surface area contributed by atoms with Gasteiger partial charge in [-0.25, -0.2) is 0 Å². The summed E-state index contributed by atoms with van der Waals surface area (Å²) in [5, 5.41) is 0. The van der Waals surface area contributed by atoms with Crippen molar-refractivity contribution in [2.45, 2.75) is 0 Å². The Kier molecular flexibility index (Phi) is 0.921. The van der Waals surface area contributed by atoms with Crippen LogP contribution in [0.15, 0.2) is 11.0 Å². The Morgan fingerprint density at radius 3 is 2.80 bits per heavy atom. The molecule has 0 unspecified atom stereocenters. The van der Waals surface area contributed by atoms with Crippen molar-refractivity contribution in [3.8, 4) is 0 Å². The molecule has 0 aromatic carbocycles. The third-order valence-corrected chi connectivity index (χ3v) is 1.40. The van der Waals surface area contributed by atoms with E-state index in [4.69, 9.17) is 0 Å². The molecular formula is C4H2Se. The van der Waals surface area contributed by atoms with Crippen molar-refractivity contribution < 1.29 is 0 Å². The second-order valence-corrected chi connectivity index (χ2v) is 2.15. The quantitative estimate of drug-likeness (QED) is 0.443. The van der Waals surface area contributed by atoms with Crippen molar-refractivity contribution in [3.05, 3.63) is 22.0 Å². The normalized spacial score (nSPS) is 8.00. The average Bonchev–Trinajstić information content (AvgIpc) is 1.76. The molecule has 0 aliphatic heterocycles. The molecule has 1 rings (SSSR count). The first kappa shape index (κ1) is 3.20. The van der Waals surface area contributed by atoms with E-state index in [1.807, 2.05) is 11.0 Å². The second-order valence-electron chi connectivity index (χ2n) is 0.665. The van der Waals surface area contributed by atoms with Crippen molar-refractivity contribution in [2.75, 3.05) is 0 Å². The fourth-order valence-corrected chi connectivity index (χ4v) is 0.884. The Morgan fingerprint density at radius 1 is 1.60 bits per heavy atom. The monoisotopic (exact) mass is 130 g/mol. The van der Waals surface area contributed by atoms with Gasteiger partial charge < -0.3 is 0 Å². The van der Waals surface area contributed by atoms with Crippen molar-refractivity contribution in [2.24, 2.45) is 0 Å². The Hall–Kier alpha value is -0.000519. The van der Waals surface area contributed by atoms with Crippen molar-refractivity contribution >= 4 is 14.5 Å². The first-order valence-corrected chi connectivity index (χ1v) is 3.15. The molecule has 5 heavy (non-hydrogen) atoms. The van der Waals surface area contributed by atoms with Crippen LogP contribution < -0.4 is 0 Å². The van der Waals surface area contributed by atoms with E-state index in [9.17, 15) is 0 Å². The summed E-state index contributed by atoms with van der Waals surface area (Å²) >= 11 is 0.528. The van der Waals surface area contributed by atoms with Gasteiger partial charge in [-0.05, 0) is 0 Å². The zero-order chi connectivity index (χ0) is 3.54. The molecule has 0 bridgehead atoms. The molecular weight excluding hydrogens is 127 g/mol. The second kappa shape index (κ2) is 1.44. The van der Waals surface area contributed by atoms with E-state index in [0.29, 0.717) is 14.5 Å². The van der Waals surface area contributed by atoms with E-state index in [2.05, 4.69) is 11.0 Å². The maximum atomic E-state index is 2.99. The molecule has 1 aromatic heterocycles. The van der Waals surface area contributed by atoms with E-state index in [-0.39, 0.29) is 0 Å². The Morgan fingerprint density at radius 2 is 2.60 bits per heavy atom. The molecule has 24 valence electrons. The summed E-state index contributed by atoms with van der Waals surface area (Å²) in [4.78, 5) is 5.00. The zero-order valence-corrected chi connectivity index (χ0v) is 4.28. The first-order valence-electron chi connectivity index (χ1n) is 1.31. The van der Waals surface area contributed by atoms with Gasteiger partial charge in [0.25, 0.3) is 0 Å². The van der Waals surface area contributed by atoms with Crippen LogP contribution in [0.4, 0.5) is 0 Å². The molecule has 0 atom stereocenters. The van der Waals surface area contributed by atoms with Crippen LogP contribution in [-0.2, 0) is 0 Å². The zero-order valence-electron chi connectivity index (χ0n) is 2.56. The Bertz CT molecular complexity index is 60.1. The maximum absolute atomic E-state index is 2.99. The SMILES string of the molecule is [c]1c[c][se]c1. The van der Waals surface area contributed by atoms with Gasteiger partial charge in [0, 0.05) is 0 Å². The van der Waals surface area contributed by atoms with Crippen LogP contribution in [0.3, 0.4) is 0 Å². The minimum atomic E-state index is 0.528. The van der Waals surface area contributed by atoms with E-state index in [0.717, 1.165) is 0 Å². The number of rotatable bonds is 0. The number of hydrogen-bond donors (Lipinski definition) is 0. The summed E-state index contributed by atoms with van der Waals surface area (Å²) < 4.78 is 0. The molecule has 1 aromatic rings.